The summed E-state index contributed by atoms with van der Waals surface area (Å²) in [5.74, 6) is 0. The Labute approximate surface area is 48.3 Å². The van der Waals surface area contributed by atoms with Gasteiger partial charge in [-0.25, -0.2) is 0 Å². The maximum absolute atomic E-state index is 10.3. The lowest BCUT2D eigenvalue weighted by Gasteiger charge is -2.18. The zero-order chi connectivity index (χ0) is 5.98. The van der Waals surface area contributed by atoms with Gasteiger partial charge in [-0.1, -0.05) is 0 Å². The van der Waals surface area contributed by atoms with E-state index >= 15 is 0 Å². The molecular weight excluding hydrogens is 106 g/mol. The second kappa shape index (κ2) is 2.44. The van der Waals surface area contributed by atoms with Crippen LogP contribution in [-0.4, -0.2) is 24.0 Å². The van der Waals surface area contributed by atoms with Crippen LogP contribution in [0.15, 0.2) is 0 Å². The van der Waals surface area contributed by atoms with E-state index in [9.17, 15) is 5.11 Å². The van der Waals surface area contributed by atoms with Crippen molar-refractivity contribution in [3.63, 3.8) is 0 Å². The molecule has 8 heavy (non-hydrogen) atoms. The maximum atomic E-state index is 10.3. The smallest absolute Gasteiger partial charge is 0.0971 e. The molecule has 0 aromatic heterocycles. The van der Waals surface area contributed by atoms with Crippen molar-refractivity contribution in [3.8, 4) is 0 Å². The lowest BCUT2D eigenvalue weighted by molar-refractivity contribution is -0.712. The molecular formula is C5H11NO2. The monoisotopic (exact) mass is 117 g/mol. The van der Waals surface area contributed by atoms with Gasteiger partial charge in [0.1, 0.15) is 0 Å². The van der Waals surface area contributed by atoms with E-state index in [-0.39, 0.29) is 6.04 Å². The summed E-state index contributed by atoms with van der Waals surface area (Å²) in [4.78, 5) is 0. The van der Waals surface area contributed by atoms with Gasteiger partial charge < -0.3 is 15.5 Å². The van der Waals surface area contributed by atoms with Crippen LogP contribution < -0.4 is 10.4 Å². The van der Waals surface area contributed by atoms with Gasteiger partial charge in [0.05, 0.1) is 12.6 Å². The summed E-state index contributed by atoms with van der Waals surface area (Å²) < 4.78 is 0. The fraction of sp³-hybridized carbons (Fsp3) is 1.00. The minimum atomic E-state index is -1.36. The van der Waals surface area contributed by atoms with Gasteiger partial charge in [-0.05, 0) is 0 Å². The van der Waals surface area contributed by atoms with E-state index in [4.69, 9.17) is 5.11 Å². The number of nitrogens with two attached hydrogens (primary N) is 1. The standard InChI is InChI=1S/C5H10NO2/c7-5(8)4-2-1-3-6-4/h4-7H,1-3H2/q-1/p+1. The molecule has 0 spiro atoms. The molecule has 0 aliphatic carbocycles. The van der Waals surface area contributed by atoms with Gasteiger partial charge >= 0.3 is 0 Å². The molecule has 0 saturated carbocycles. The summed E-state index contributed by atoms with van der Waals surface area (Å²) in [6, 6.07) is -0.0602. The van der Waals surface area contributed by atoms with Crippen LogP contribution in [0.2, 0.25) is 0 Å². The maximum Gasteiger partial charge on any atom is 0.0971 e. The number of hydrogen-bond donors (Lipinski definition) is 2. The SMILES string of the molecule is [O-]C(O)C1CCC[NH2+]1. The largest absolute Gasteiger partial charge is 0.827 e. The van der Waals surface area contributed by atoms with Crippen molar-refractivity contribution in [2.75, 3.05) is 6.54 Å². The van der Waals surface area contributed by atoms with Gasteiger partial charge in [-0.15, -0.1) is 0 Å². The molecule has 3 heteroatoms. The molecule has 2 unspecified atom stereocenters. The average Bonchev–Trinajstić information content (AvgIpc) is 2.12. The van der Waals surface area contributed by atoms with Crippen molar-refractivity contribution < 1.29 is 15.5 Å². The van der Waals surface area contributed by atoms with Crippen molar-refractivity contribution in [2.24, 2.45) is 0 Å². The number of rotatable bonds is 1. The lowest BCUT2D eigenvalue weighted by Crippen LogP contribution is -2.90. The summed E-state index contributed by atoms with van der Waals surface area (Å²) >= 11 is 0. The van der Waals surface area contributed by atoms with Gasteiger partial charge in [-0.2, -0.15) is 0 Å². The highest BCUT2D eigenvalue weighted by Crippen LogP contribution is 1.97. The molecule has 3 N–H and O–H groups in total. The Morgan fingerprint density at radius 1 is 1.75 bits per heavy atom. The Hall–Kier alpha value is -0.120. The second-order valence-corrected chi connectivity index (χ2v) is 2.22. The van der Waals surface area contributed by atoms with E-state index in [1.165, 1.54) is 0 Å². The molecule has 48 valence electrons. The fourth-order valence-electron chi connectivity index (χ4n) is 1.06. The zero-order valence-corrected chi connectivity index (χ0v) is 4.71. The molecule has 1 aliphatic heterocycles. The van der Waals surface area contributed by atoms with Crippen LogP contribution in [0.25, 0.3) is 0 Å². The van der Waals surface area contributed by atoms with Crippen molar-refractivity contribution >= 4 is 0 Å². The number of aliphatic hydroxyl groups excluding tert-OH is 1. The molecule has 3 nitrogen and oxygen atoms in total. The quantitative estimate of drug-likeness (QED) is 0.370. The summed E-state index contributed by atoms with van der Waals surface area (Å²) in [6.07, 6.45) is 0.590. The first kappa shape index (κ1) is 6.01. The second-order valence-electron chi connectivity index (χ2n) is 2.22. The molecule has 1 fully saturated rings. The van der Waals surface area contributed by atoms with E-state index in [0.717, 1.165) is 19.4 Å². The van der Waals surface area contributed by atoms with Crippen molar-refractivity contribution in [3.05, 3.63) is 0 Å². The molecule has 2 atom stereocenters. The summed E-state index contributed by atoms with van der Waals surface area (Å²) in [5, 5.41) is 20.6. The van der Waals surface area contributed by atoms with Crippen LogP contribution in [-0.2, 0) is 0 Å². The number of aliphatic hydroxyl groups is 1. The molecule has 0 bridgehead atoms. The Kier molecular flexibility index (Phi) is 1.83. The minimum absolute atomic E-state index is 0.0602. The highest BCUT2D eigenvalue weighted by atomic mass is 16.5. The number of hydrogen-bond acceptors (Lipinski definition) is 2. The summed E-state index contributed by atoms with van der Waals surface area (Å²) in [7, 11) is 0. The third-order valence-corrected chi connectivity index (χ3v) is 1.58. The first-order valence-electron chi connectivity index (χ1n) is 2.98. The third kappa shape index (κ3) is 1.18. The zero-order valence-electron chi connectivity index (χ0n) is 4.71. The Morgan fingerprint density at radius 2 is 2.50 bits per heavy atom. The van der Waals surface area contributed by atoms with Crippen molar-refractivity contribution in [1.82, 2.24) is 0 Å². The van der Waals surface area contributed by atoms with Crippen LogP contribution in [0, 0.1) is 0 Å². The fourth-order valence-corrected chi connectivity index (χ4v) is 1.06. The van der Waals surface area contributed by atoms with E-state index in [1.54, 1.807) is 0 Å². The van der Waals surface area contributed by atoms with Crippen LogP contribution in [0.4, 0.5) is 0 Å². The van der Waals surface area contributed by atoms with Crippen LogP contribution in [0.3, 0.4) is 0 Å². The molecule has 1 saturated heterocycles. The van der Waals surface area contributed by atoms with Gasteiger partial charge in [0, 0.05) is 19.1 Å². The van der Waals surface area contributed by atoms with Gasteiger partial charge in [0.15, 0.2) is 0 Å². The normalized spacial score (nSPS) is 33.0. The first-order valence-corrected chi connectivity index (χ1v) is 2.98. The Bertz CT molecular complexity index is 68.8. The molecule has 1 aliphatic rings. The predicted molar refractivity (Wildman–Crippen MR) is 25.8 cm³/mol. The van der Waals surface area contributed by atoms with E-state index < -0.39 is 6.29 Å². The minimum Gasteiger partial charge on any atom is -0.827 e. The van der Waals surface area contributed by atoms with E-state index in [0.29, 0.717) is 0 Å². The van der Waals surface area contributed by atoms with E-state index in [2.05, 4.69) is 0 Å². The Balaban J connectivity index is 2.24. The molecule has 0 radical (unpaired) electrons. The summed E-state index contributed by atoms with van der Waals surface area (Å²) in [5.41, 5.74) is 0. The van der Waals surface area contributed by atoms with Crippen LogP contribution in [0.5, 0.6) is 0 Å². The van der Waals surface area contributed by atoms with Gasteiger partial charge in [-0.3, -0.25) is 0 Å². The number of quaternary nitrogens is 1. The third-order valence-electron chi connectivity index (χ3n) is 1.58. The van der Waals surface area contributed by atoms with Crippen LogP contribution in [0.1, 0.15) is 12.8 Å². The molecule has 1 rings (SSSR count). The summed E-state index contributed by atoms with van der Waals surface area (Å²) in [6.45, 7) is 1.00. The van der Waals surface area contributed by atoms with Crippen LogP contribution >= 0.6 is 0 Å². The van der Waals surface area contributed by atoms with E-state index in [1.807, 2.05) is 5.32 Å². The molecule has 0 aromatic rings. The molecule has 0 aromatic carbocycles. The van der Waals surface area contributed by atoms with Crippen molar-refractivity contribution in [2.45, 2.75) is 25.2 Å². The average molecular weight is 117 g/mol. The highest BCUT2D eigenvalue weighted by molar-refractivity contribution is 4.58. The molecule has 1 heterocycles. The first-order chi connectivity index (χ1) is 3.80. The Morgan fingerprint density at radius 3 is 2.75 bits per heavy atom. The van der Waals surface area contributed by atoms with Crippen molar-refractivity contribution in [1.29, 1.82) is 0 Å². The highest BCUT2D eigenvalue weighted by Gasteiger charge is 2.18. The van der Waals surface area contributed by atoms with Gasteiger partial charge in [0.25, 0.3) is 0 Å². The molecule has 0 amide bonds. The lowest BCUT2D eigenvalue weighted by atomic mass is 10.2. The predicted octanol–water partition coefficient (Wildman–Crippen LogP) is -2.61. The van der Waals surface area contributed by atoms with Gasteiger partial charge in [0.2, 0.25) is 0 Å². The topological polar surface area (TPSA) is 59.9 Å².